The van der Waals surface area contributed by atoms with Gasteiger partial charge in [-0.25, -0.2) is 4.68 Å². The zero-order valence-corrected chi connectivity index (χ0v) is 22.2. The van der Waals surface area contributed by atoms with Crippen LogP contribution in [0.1, 0.15) is 29.2 Å². The molecule has 1 heterocycles. The van der Waals surface area contributed by atoms with Gasteiger partial charge in [0.1, 0.15) is 11.3 Å². The van der Waals surface area contributed by atoms with E-state index in [9.17, 15) is 13.2 Å². The first-order valence-electron chi connectivity index (χ1n) is 12.4. The summed E-state index contributed by atoms with van der Waals surface area (Å²) in [6.07, 6.45) is -1.19. The largest absolute Gasteiger partial charge is 0.573 e. The minimum Gasteiger partial charge on any atom is -0.406 e. The molecule has 0 bridgehead atoms. The number of alkyl halides is 3. The molecule has 0 saturated carbocycles. The maximum atomic E-state index is 12.5. The third kappa shape index (κ3) is 5.98. The number of rotatable bonds is 8. The van der Waals surface area contributed by atoms with E-state index < -0.39 is 6.36 Å². The van der Waals surface area contributed by atoms with Crippen molar-refractivity contribution in [3.05, 3.63) is 95.1 Å². The molecule has 0 N–H and O–H groups in total. The summed E-state index contributed by atoms with van der Waals surface area (Å²) >= 11 is 5.63. The molecule has 5 aromatic rings. The van der Waals surface area contributed by atoms with Crippen molar-refractivity contribution in [1.82, 2.24) is 15.0 Å². The lowest BCUT2D eigenvalue weighted by molar-refractivity contribution is -0.274. The zero-order valence-electron chi connectivity index (χ0n) is 21.4. The van der Waals surface area contributed by atoms with Gasteiger partial charge in [-0.15, -0.1) is 18.3 Å². The minimum atomic E-state index is -4.74. The standard InChI is InChI=1S/C30H25F3N4OS/c1-3-21-6-4-5-19(2)27(21)16-25(39)18-34-17-20-7-13-26-22(15-20)8-14-28-29(26)35-36-37(28)23-9-11-24(12-10-23)38-30(31,32)33/h4-15,17H,3,16,18H2,1-2H3. The monoisotopic (exact) mass is 546 g/mol. The van der Waals surface area contributed by atoms with Gasteiger partial charge in [0.25, 0.3) is 0 Å². The average Bonchev–Trinajstić information content (AvgIpc) is 3.34. The highest BCUT2D eigenvalue weighted by molar-refractivity contribution is 7.80. The van der Waals surface area contributed by atoms with Gasteiger partial charge in [0.15, 0.2) is 0 Å². The number of aliphatic imine (C=N–C) groups is 1. The Morgan fingerprint density at radius 1 is 1.05 bits per heavy atom. The van der Waals surface area contributed by atoms with Gasteiger partial charge >= 0.3 is 6.36 Å². The summed E-state index contributed by atoms with van der Waals surface area (Å²) in [5.74, 6) is -0.294. The minimum absolute atomic E-state index is 0.294. The molecule has 0 radical (unpaired) electrons. The summed E-state index contributed by atoms with van der Waals surface area (Å²) in [7, 11) is 0. The lowest BCUT2D eigenvalue weighted by Crippen LogP contribution is -2.17. The van der Waals surface area contributed by atoms with Crippen LogP contribution in [-0.4, -0.2) is 39.0 Å². The lowest BCUT2D eigenvalue weighted by atomic mass is 9.96. The quantitative estimate of drug-likeness (QED) is 0.151. The van der Waals surface area contributed by atoms with Gasteiger partial charge < -0.3 is 4.74 Å². The predicted molar refractivity (Wildman–Crippen MR) is 152 cm³/mol. The van der Waals surface area contributed by atoms with Crippen molar-refractivity contribution >= 4 is 45.1 Å². The second-order valence-electron chi connectivity index (χ2n) is 9.21. The van der Waals surface area contributed by atoms with E-state index in [1.54, 1.807) is 4.68 Å². The van der Waals surface area contributed by atoms with Gasteiger partial charge in [0, 0.05) is 22.9 Å². The fraction of sp³-hybridized carbons (Fsp3) is 0.200. The molecule has 0 spiro atoms. The summed E-state index contributed by atoms with van der Waals surface area (Å²) in [6, 6.07) is 21.7. The van der Waals surface area contributed by atoms with Gasteiger partial charge in [-0.3, -0.25) is 4.99 Å². The van der Waals surface area contributed by atoms with E-state index in [4.69, 9.17) is 12.2 Å². The average molecular weight is 547 g/mol. The fourth-order valence-corrected chi connectivity index (χ4v) is 4.87. The van der Waals surface area contributed by atoms with E-state index in [-0.39, 0.29) is 5.75 Å². The summed E-state index contributed by atoms with van der Waals surface area (Å²) in [5.41, 5.74) is 6.83. The number of aromatic nitrogens is 3. The Labute approximate surface area is 228 Å². The van der Waals surface area contributed by atoms with Gasteiger partial charge in [-0.2, -0.15) is 0 Å². The normalized spacial score (nSPS) is 12.0. The van der Waals surface area contributed by atoms with Gasteiger partial charge in [-0.1, -0.05) is 60.8 Å². The van der Waals surface area contributed by atoms with E-state index in [1.807, 2.05) is 36.5 Å². The van der Waals surface area contributed by atoms with Crippen molar-refractivity contribution in [2.45, 2.75) is 33.1 Å². The number of aryl methyl sites for hydroxylation is 2. The van der Waals surface area contributed by atoms with Gasteiger partial charge in [0.05, 0.1) is 17.7 Å². The molecule has 39 heavy (non-hydrogen) atoms. The molecule has 0 amide bonds. The van der Waals surface area contributed by atoms with Gasteiger partial charge in [-0.05, 0) is 77.4 Å². The van der Waals surface area contributed by atoms with E-state index in [1.165, 1.54) is 41.0 Å². The molecule has 0 aliphatic carbocycles. The molecular weight excluding hydrogens is 521 g/mol. The van der Waals surface area contributed by atoms with E-state index in [0.29, 0.717) is 17.7 Å². The zero-order chi connectivity index (χ0) is 27.6. The van der Waals surface area contributed by atoms with Crippen molar-refractivity contribution in [2.24, 2.45) is 4.99 Å². The molecule has 9 heteroatoms. The number of nitrogens with zero attached hydrogens (tertiary/aromatic N) is 4. The summed E-state index contributed by atoms with van der Waals surface area (Å²) in [4.78, 5) is 5.48. The van der Waals surface area contributed by atoms with Crippen LogP contribution in [0.5, 0.6) is 5.75 Å². The Kier molecular flexibility index (Phi) is 7.43. The third-order valence-corrected chi connectivity index (χ3v) is 6.81. The SMILES string of the molecule is CCc1cccc(C)c1CC(=S)CN=Cc1ccc2c(ccc3c2nnn3-c2ccc(OC(F)(F)F)cc2)c1. The Morgan fingerprint density at radius 2 is 1.85 bits per heavy atom. The first kappa shape index (κ1) is 26.5. The molecule has 0 atom stereocenters. The summed E-state index contributed by atoms with van der Waals surface area (Å²) in [5, 5.41) is 10.4. The highest BCUT2D eigenvalue weighted by Gasteiger charge is 2.31. The van der Waals surface area contributed by atoms with Crippen molar-refractivity contribution in [3.63, 3.8) is 0 Å². The molecule has 0 aliphatic heterocycles. The van der Waals surface area contributed by atoms with E-state index in [2.05, 4.69) is 52.1 Å². The Bertz CT molecular complexity index is 1690. The van der Waals surface area contributed by atoms with Gasteiger partial charge in [0.2, 0.25) is 0 Å². The van der Waals surface area contributed by atoms with Crippen molar-refractivity contribution in [1.29, 1.82) is 0 Å². The van der Waals surface area contributed by atoms with Crippen LogP contribution >= 0.6 is 12.2 Å². The van der Waals surface area contributed by atoms with Crippen LogP contribution in [0.15, 0.2) is 77.8 Å². The molecular formula is C30H25F3N4OS. The molecule has 0 saturated heterocycles. The Balaban J connectivity index is 1.32. The first-order chi connectivity index (χ1) is 18.7. The fourth-order valence-electron chi connectivity index (χ4n) is 4.65. The van der Waals surface area contributed by atoms with Crippen LogP contribution in [0, 0.1) is 6.92 Å². The number of hydrogen-bond acceptors (Lipinski definition) is 5. The van der Waals surface area contributed by atoms with Crippen LogP contribution in [0.3, 0.4) is 0 Å². The lowest BCUT2D eigenvalue weighted by Gasteiger charge is -2.11. The number of benzene rings is 4. The van der Waals surface area contributed by atoms with Crippen LogP contribution in [0.4, 0.5) is 13.2 Å². The highest BCUT2D eigenvalue weighted by Crippen LogP contribution is 2.28. The molecule has 5 nitrogen and oxygen atoms in total. The summed E-state index contributed by atoms with van der Waals surface area (Å²) in [6.45, 7) is 4.75. The number of thiocarbonyl (C=S) groups is 1. The number of fused-ring (bicyclic) bond motifs is 3. The van der Waals surface area contributed by atoms with E-state index >= 15 is 0 Å². The second kappa shape index (κ2) is 10.9. The number of halogens is 3. The van der Waals surface area contributed by atoms with Crippen LogP contribution < -0.4 is 4.74 Å². The van der Waals surface area contributed by atoms with Crippen LogP contribution in [-0.2, 0) is 12.8 Å². The maximum absolute atomic E-state index is 12.5. The molecule has 198 valence electrons. The maximum Gasteiger partial charge on any atom is 0.573 e. The second-order valence-corrected chi connectivity index (χ2v) is 9.79. The molecule has 1 aromatic heterocycles. The molecule has 5 rings (SSSR count). The van der Waals surface area contributed by atoms with Crippen molar-refractivity contribution < 1.29 is 17.9 Å². The predicted octanol–water partition coefficient (Wildman–Crippen LogP) is 7.37. The topological polar surface area (TPSA) is 52.3 Å². The molecule has 0 fully saturated rings. The third-order valence-electron chi connectivity index (χ3n) is 6.54. The number of hydrogen-bond donors (Lipinski definition) is 0. The Morgan fingerprint density at radius 3 is 2.59 bits per heavy atom. The van der Waals surface area contributed by atoms with Crippen molar-refractivity contribution in [3.8, 4) is 11.4 Å². The van der Waals surface area contributed by atoms with E-state index in [0.717, 1.165) is 39.6 Å². The summed E-state index contributed by atoms with van der Waals surface area (Å²) < 4.78 is 42.9. The smallest absolute Gasteiger partial charge is 0.406 e. The first-order valence-corrected chi connectivity index (χ1v) is 12.9. The highest BCUT2D eigenvalue weighted by atomic mass is 32.1. The number of ether oxygens (including phenoxy) is 1. The Hall–Kier alpha value is -4.11. The van der Waals surface area contributed by atoms with Crippen LogP contribution in [0.2, 0.25) is 0 Å². The molecule has 0 aliphatic rings. The molecule has 4 aromatic carbocycles. The molecule has 0 unspecified atom stereocenters. The van der Waals surface area contributed by atoms with Crippen molar-refractivity contribution in [2.75, 3.05) is 6.54 Å². The van der Waals surface area contributed by atoms with Crippen LogP contribution in [0.25, 0.3) is 27.5 Å².